The van der Waals surface area contributed by atoms with E-state index in [-0.39, 0.29) is 5.54 Å². The van der Waals surface area contributed by atoms with Gasteiger partial charge < -0.3 is 15.2 Å². The third-order valence-corrected chi connectivity index (χ3v) is 4.92. The van der Waals surface area contributed by atoms with E-state index < -0.39 is 0 Å². The lowest BCUT2D eigenvalue weighted by molar-refractivity contribution is 0.174. The summed E-state index contributed by atoms with van der Waals surface area (Å²) in [4.78, 5) is 4.72. The molecule has 0 fully saturated rings. The van der Waals surface area contributed by atoms with Gasteiger partial charge in [-0.2, -0.15) is 0 Å². The largest absolute Gasteiger partial charge is 0.454 e. The Labute approximate surface area is 122 Å². The molecule has 20 heavy (non-hydrogen) atoms. The number of fused-ring (bicyclic) bond motifs is 1. The van der Waals surface area contributed by atoms with Gasteiger partial charge in [-0.3, -0.25) is 0 Å². The Balaban J connectivity index is 1.94. The second-order valence-corrected chi connectivity index (χ2v) is 5.83. The van der Waals surface area contributed by atoms with Crippen LogP contribution in [0, 0.1) is 0 Å². The Kier molecular flexibility index (Phi) is 3.40. The first kappa shape index (κ1) is 13.4. The van der Waals surface area contributed by atoms with Gasteiger partial charge in [0.25, 0.3) is 0 Å². The van der Waals surface area contributed by atoms with Crippen LogP contribution in [0.3, 0.4) is 0 Å². The van der Waals surface area contributed by atoms with Gasteiger partial charge in [-0.15, -0.1) is 11.3 Å². The van der Waals surface area contributed by atoms with Crippen LogP contribution in [0.2, 0.25) is 0 Å². The number of ether oxygens (including phenoxy) is 2. The summed E-state index contributed by atoms with van der Waals surface area (Å²) >= 11 is 1.63. The predicted molar refractivity (Wildman–Crippen MR) is 80.1 cm³/mol. The van der Waals surface area contributed by atoms with E-state index in [0.717, 1.165) is 40.6 Å². The predicted octanol–water partition coefficient (Wildman–Crippen LogP) is 3.51. The highest BCUT2D eigenvalue weighted by molar-refractivity contribution is 7.10. The van der Waals surface area contributed by atoms with Crippen molar-refractivity contribution < 1.29 is 9.47 Å². The Morgan fingerprint density at radius 1 is 1.25 bits per heavy atom. The molecule has 1 aromatic heterocycles. The monoisotopic (exact) mass is 290 g/mol. The molecule has 0 atom stereocenters. The summed E-state index contributed by atoms with van der Waals surface area (Å²) in [5.74, 6) is 1.57. The molecule has 0 unspecified atom stereocenters. The first-order valence-electron chi connectivity index (χ1n) is 6.81. The zero-order valence-corrected chi connectivity index (χ0v) is 12.5. The third-order valence-electron chi connectivity index (χ3n) is 3.86. The third kappa shape index (κ3) is 2.17. The SMILES string of the molecule is CCC(N)(CC)c1nc(-c2ccc3c(c2)OCO3)cs1. The van der Waals surface area contributed by atoms with Crippen molar-refractivity contribution in [2.75, 3.05) is 6.79 Å². The highest BCUT2D eigenvalue weighted by Gasteiger charge is 2.27. The average molecular weight is 290 g/mol. The summed E-state index contributed by atoms with van der Waals surface area (Å²) in [6, 6.07) is 5.89. The normalized spacial score (nSPS) is 13.8. The molecule has 0 spiro atoms. The first-order valence-corrected chi connectivity index (χ1v) is 7.69. The van der Waals surface area contributed by atoms with Crippen LogP contribution in [-0.2, 0) is 5.54 Å². The molecular formula is C15H18N2O2S. The Bertz CT molecular complexity index is 620. The maximum absolute atomic E-state index is 6.40. The number of hydrogen-bond acceptors (Lipinski definition) is 5. The minimum absolute atomic E-state index is 0.290. The highest BCUT2D eigenvalue weighted by atomic mass is 32.1. The summed E-state index contributed by atoms with van der Waals surface area (Å²) in [5.41, 5.74) is 8.06. The number of nitrogens with two attached hydrogens (primary N) is 1. The molecule has 1 aromatic carbocycles. The molecule has 0 aliphatic carbocycles. The number of hydrogen-bond donors (Lipinski definition) is 1. The van der Waals surface area contributed by atoms with Crippen LogP contribution in [0.1, 0.15) is 31.7 Å². The van der Waals surface area contributed by atoms with Crippen molar-refractivity contribution in [3.05, 3.63) is 28.6 Å². The molecule has 2 heterocycles. The van der Waals surface area contributed by atoms with Crippen LogP contribution in [-0.4, -0.2) is 11.8 Å². The Hall–Kier alpha value is -1.59. The van der Waals surface area contributed by atoms with Gasteiger partial charge in [0, 0.05) is 10.9 Å². The van der Waals surface area contributed by atoms with Crippen molar-refractivity contribution in [3.8, 4) is 22.8 Å². The van der Waals surface area contributed by atoms with Crippen LogP contribution >= 0.6 is 11.3 Å². The number of aromatic nitrogens is 1. The summed E-state index contributed by atoms with van der Waals surface area (Å²) in [7, 11) is 0. The van der Waals surface area contributed by atoms with E-state index in [1.165, 1.54) is 0 Å². The van der Waals surface area contributed by atoms with E-state index in [0.29, 0.717) is 6.79 Å². The molecule has 2 aromatic rings. The van der Waals surface area contributed by atoms with E-state index in [1.807, 2.05) is 18.2 Å². The maximum Gasteiger partial charge on any atom is 0.231 e. The van der Waals surface area contributed by atoms with Gasteiger partial charge in [0.1, 0.15) is 5.01 Å². The average Bonchev–Trinajstić information content (AvgIpc) is 3.14. The fraction of sp³-hybridized carbons (Fsp3) is 0.400. The number of benzene rings is 1. The molecule has 0 radical (unpaired) electrons. The zero-order valence-electron chi connectivity index (χ0n) is 11.7. The van der Waals surface area contributed by atoms with Crippen molar-refractivity contribution in [1.29, 1.82) is 0 Å². The standard InChI is InChI=1S/C15H18N2O2S/c1-3-15(16,4-2)14-17-11(8-20-14)10-5-6-12-13(7-10)19-9-18-12/h5-8H,3-4,9,16H2,1-2H3. The van der Waals surface area contributed by atoms with Gasteiger partial charge in [-0.05, 0) is 31.0 Å². The Morgan fingerprint density at radius 2 is 2.00 bits per heavy atom. The highest BCUT2D eigenvalue weighted by Crippen LogP contribution is 2.37. The second kappa shape index (κ2) is 5.07. The second-order valence-electron chi connectivity index (χ2n) is 4.97. The summed E-state index contributed by atoms with van der Waals surface area (Å²) in [6.45, 7) is 4.50. The van der Waals surface area contributed by atoms with Crippen molar-refractivity contribution in [2.24, 2.45) is 5.73 Å². The van der Waals surface area contributed by atoms with Gasteiger partial charge in [0.05, 0.1) is 11.2 Å². The van der Waals surface area contributed by atoms with Crippen LogP contribution in [0.25, 0.3) is 11.3 Å². The molecule has 0 saturated heterocycles. The smallest absolute Gasteiger partial charge is 0.231 e. The zero-order chi connectivity index (χ0) is 14.2. The minimum atomic E-state index is -0.320. The molecule has 5 heteroatoms. The van der Waals surface area contributed by atoms with E-state index in [4.69, 9.17) is 20.2 Å². The lowest BCUT2D eigenvalue weighted by Crippen LogP contribution is -2.34. The van der Waals surface area contributed by atoms with Crippen LogP contribution in [0.4, 0.5) is 0 Å². The fourth-order valence-electron chi connectivity index (χ4n) is 2.24. The molecule has 3 rings (SSSR count). The van der Waals surface area contributed by atoms with Gasteiger partial charge >= 0.3 is 0 Å². The van der Waals surface area contributed by atoms with Gasteiger partial charge in [-0.1, -0.05) is 13.8 Å². The number of nitrogens with zero attached hydrogens (tertiary/aromatic N) is 1. The van der Waals surface area contributed by atoms with Gasteiger partial charge in [0.15, 0.2) is 11.5 Å². The van der Waals surface area contributed by atoms with Gasteiger partial charge in [-0.25, -0.2) is 4.98 Å². The van der Waals surface area contributed by atoms with Gasteiger partial charge in [0.2, 0.25) is 6.79 Å². The van der Waals surface area contributed by atoms with E-state index >= 15 is 0 Å². The summed E-state index contributed by atoms with van der Waals surface area (Å²) in [5, 5.41) is 3.05. The van der Waals surface area contributed by atoms with E-state index in [9.17, 15) is 0 Å². The molecule has 0 saturated carbocycles. The van der Waals surface area contributed by atoms with E-state index in [2.05, 4.69) is 19.2 Å². The summed E-state index contributed by atoms with van der Waals surface area (Å²) in [6.07, 6.45) is 1.77. The lowest BCUT2D eigenvalue weighted by Gasteiger charge is -2.23. The molecule has 106 valence electrons. The fourth-order valence-corrected chi connectivity index (χ4v) is 3.33. The van der Waals surface area contributed by atoms with Crippen molar-refractivity contribution in [1.82, 2.24) is 4.98 Å². The number of rotatable bonds is 4. The first-order chi connectivity index (χ1) is 9.66. The van der Waals surface area contributed by atoms with Crippen LogP contribution in [0.5, 0.6) is 11.5 Å². The lowest BCUT2D eigenvalue weighted by atomic mass is 9.95. The molecule has 4 nitrogen and oxygen atoms in total. The Morgan fingerprint density at radius 3 is 2.75 bits per heavy atom. The molecular weight excluding hydrogens is 272 g/mol. The number of thiazole rings is 1. The van der Waals surface area contributed by atoms with Crippen molar-refractivity contribution in [2.45, 2.75) is 32.2 Å². The minimum Gasteiger partial charge on any atom is -0.454 e. The summed E-state index contributed by atoms with van der Waals surface area (Å²) < 4.78 is 10.7. The molecule has 0 amide bonds. The molecule has 1 aliphatic rings. The van der Waals surface area contributed by atoms with Crippen LogP contribution in [0.15, 0.2) is 23.6 Å². The molecule has 1 aliphatic heterocycles. The maximum atomic E-state index is 6.40. The van der Waals surface area contributed by atoms with E-state index in [1.54, 1.807) is 11.3 Å². The topological polar surface area (TPSA) is 57.4 Å². The molecule has 0 bridgehead atoms. The van der Waals surface area contributed by atoms with Crippen LogP contribution < -0.4 is 15.2 Å². The quantitative estimate of drug-likeness (QED) is 0.936. The van der Waals surface area contributed by atoms with Crippen molar-refractivity contribution >= 4 is 11.3 Å². The molecule has 2 N–H and O–H groups in total. The van der Waals surface area contributed by atoms with Crippen molar-refractivity contribution in [3.63, 3.8) is 0 Å².